The lowest BCUT2D eigenvalue weighted by Crippen LogP contribution is -2.28. The molecule has 65 heavy (non-hydrogen) atoms. The molecular formula is C63H41NO. The normalized spacial score (nSPS) is 12.7. The maximum Gasteiger partial charge on any atom is 0.143 e. The zero-order valence-electron chi connectivity index (χ0n) is 35.5. The van der Waals surface area contributed by atoms with Crippen LogP contribution >= 0.6 is 0 Å². The van der Waals surface area contributed by atoms with Gasteiger partial charge in [0.1, 0.15) is 11.2 Å². The Balaban J connectivity index is 1.09. The first kappa shape index (κ1) is 37.1. The molecule has 2 heteroatoms. The number of furan rings is 1. The van der Waals surface area contributed by atoms with E-state index in [1.807, 2.05) is 0 Å². The fourth-order valence-electron chi connectivity index (χ4n) is 10.9. The summed E-state index contributed by atoms with van der Waals surface area (Å²) in [7, 11) is 0. The largest absolute Gasteiger partial charge is 0.455 e. The van der Waals surface area contributed by atoms with Crippen LogP contribution in [0.5, 0.6) is 0 Å². The summed E-state index contributed by atoms with van der Waals surface area (Å²) >= 11 is 0. The molecule has 0 saturated carbocycles. The van der Waals surface area contributed by atoms with Crippen molar-refractivity contribution in [3.63, 3.8) is 0 Å². The number of hydrogen-bond donors (Lipinski definition) is 0. The Morgan fingerprint density at radius 1 is 0.308 bits per heavy atom. The minimum Gasteiger partial charge on any atom is -0.455 e. The number of fused-ring (bicyclic) bond motifs is 9. The SMILES string of the molecule is c1ccc(C2(c3ccccc3)c3ccccc3-c3ccc(N(c4cccc(-c5cccc6ccccc56)c4)c4ccccc4-c4cccc5c4oc4c6ccccc6ccc54)cc32)cc1. The van der Waals surface area contributed by atoms with Crippen molar-refractivity contribution in [1.29, 1.82) is 0 Å². The van der Waals surface area contributed by atoms with E-state index in [9.17, 15) is 0 Å². The summed E-state index contributed by atoms with van der Waals surface area (Å²) in [5, 5.41) is 6.96. The molecule has 304 valence electrons. The minimum atomic E-state index is -0.552. The Labute approximate surface area is 377 Å². The summed E-state index contributed by atoms with van der Waals surface area (Å²) in [6, 6.07) is 90.9. The van der Waals surface area contributed by atoms with Crippen molar-refractivity contribution in [3.05, 3.63) is 271 Å². The third-order valence-electron chi connectivity index (χ3n) is 13.7. The molecule has 0 fully saturated rings. The molecule has 0 unspecified atom stereocenters. The van der Waals surface area contributed by atoms with E-state index >= 15 is 0 Å². The number of hydrogen-bond acceptors (Lipinski definition) is 2. The quantitative estimate of drug-likeness (QED) is 0.159. The average Bonchev–Trinajstić information content (AvgIpc) is 3.91. The summed E-state index contributed by atoms with van der Waals surface area (Å²) < 4.78 is 7.02. The zero-order valence-corrected chi connectivity index (χ0v) is 35.5. The lowest BCUT2D eigenvalue weighted by atomic mass is 9.67. The lowest BCUT2D eigenvalue weighted by molar-refractivity contribution is 0.674. The van der Waals surface area contributed by atoms with E-state index in [0.29, 0.717) is 0 Å². The monoisotopic (exact) mass is 827 g/mol. The fraction of sp³-hybridized carbons (Fsp3) is 0.0159. The highest BCUT2D eigenvalue weighted by Gasteiger charge is 2.46. The van der Waals surface area contributed by atoms with Crippen LogP contribution in [0.3, 0.4) is 0 Å². The highest BCUT2D eigenvalue weighted by atomic mass is 16.3. The molecular weight excluding hydrogens is 787 g/mol. The van der Waals surface area contributed by atoms with Crippen LogP contribution < -0.4 is 4.90 Å². The molecule has 0 bridgehead atoms. The van der Waals surface area contributed by atoms with E-state index in [0.717, 1.165) is 61.1 Å². The Bertz CT molecular complexity index is 3740. The molecule has 1 aromatic heterocycles. The van der Waals surface area contributed by atoms with Crippen molar-refractivity contribution < 1.29 is 4.42 Å². The van der Waals surface area contributed by atoms with E-state index in [1.54, 1.807) is 0 Å². The second-order valence-corrected chi connectivity index (χ2v) is 17.1. The molecule has 11 aromatic carbocycles. The van der Waals surface area contributed by atoms with E-state index in [1.165, 1.54) is 55.1 Å². The van der Waals surface area contributed by atoms with Crippen molar-refractivity contribution >= 4 is 60.5 Å². The maximum atomic E-state index is 7.02. The van der Waals surface area contributed by atoms with Crippen LogP contribution in [-0.4, -0.2) is 0 Å². The molecule has 0 spiro atoms. The van der Waals surface area contributed by atoms with Crippen molar-refractivity contribution in [2.45, 2.75) is 5.41 Å². The van der Waals surface area contributed by atoms with Gasteiger partial charge in [0.15, 0.2) is 0 Å². The summed E-state index contributed by atoms with van der Waals surface area (Å²) in [6.45, 7) is 0. The molecule has 1 heterocycles. The van der Waals surface area contributed by atoms with Crippen molar-refractivity contribution in [2.24, 2.45) is 0 Å². The smallest absolute Gasteiger partial charge is 0.143 e. The summed E-state index contributed by atoms with van der Waals surface area (Å²) in [6.07, 6.45) is 0. The van der Waals surface area contributed by atoms with Crippen LogP contribution in [0.15, 0.2) is 253 Å². The second-order valence-electron chi connectivity index (χ2n) is 17.1. The first-order valence-electron chi connectivity index (χ1n) is 22.4. The summed E-state index contributed by atoms with van der Waals surface area (Å²) in [5.74, 6) is 0. The van der Waals surface area contributed by atoms with E-state index in [-0.39, 0.29) is 0 Å². The van der Waals surface area contributed by atoms with Gasteiger partial charge < -0.3 is 9.32 Å². The number of rotatable bonds is 7. The van der Waals surface area contributed by atoms with Gasteiger partial charge in [0.25, 0.3) is 0 Å². The zero-order chi connectivity index (χ0) is 42.9. The Kier molecular flexibility index (Phi) is 8.47. The van der Waals surface area contributed by atoms with Gasteiger partial charge in [-0.05, 0) is 97.1 Å². The van der Waals surface area contributed by atoms with E-state index in [2.05, 4.69) is 254 Å². The fourth-order valence-corrected chi connectivity index (χ4v) is 10.9. The highest BCUT2D eigenvalue weighted by molar-refractivity contribution is 6.17. The summed E-state index contributed by atoms with van der Waals surface area (Å²) in [4.78, 5) is 2.46. The second kappa shape index (κ2) is 14.8. The van der Waals surface area contributed by atoms with Gasteiger partial charge in [-0.2, -0.15) is 0 Å². The van der Waals surface area contributed by atoms with Crippen LogP contribution in [0.1, 0.15) is 22.3 Å². The van der Waals surface area contributed by atoms with Gasteiger partial charge in [-0.1, -0.05) is 212 Å². The minimum absolute atomic E-state index is 0.552. The van der Waals surface area contributed by atoms with Gasteiger partial charge in [-0.3, -0.25) is 0 Å². The Morgan fingerprint density at radius 2 is 0.862 bits per heavy atom. The van der Waals surface area contributed by atoms with Crippen molar-refractivity contribution in [3.8, 4) is 33.4 Å². The predicted molar refractivity (Wildman–Crippen MR) is 272 cm³/mol. The maximum absolute atomic E-state index is 7.02. The molecule has 0 amide bonds. The van der Waals surface area contributed by atoms with Gasteiger partial charge in [-0.25, -0.2) is 0 Å². The number of para-hydroxylation sites is 2. The molecule has 0 radical (unpaired) electrons. The molecule has 0 aliphatic heterocycles. The molecule has 0 atom stereocenters. The summed E-state index contributed by atoms with van der Waals surface area (Å²) in [5.41, 5.74) is 16.4. The predicted octanol–water partition coefficient (Wildman–Crippen LogP) is 17.1. The van der Waals surface area contributed by atoms with Crippen LogP contribution in [0.25, 0.3) is 76.9 Å². The van der Waals surface area contributed by atoms with E-state index in [4.69, 9.17) is 4.42 Å². The Hall–Kier alpha value is -8.46. The van der Waals surface area contributed by atoms with Gasteiger partial charge in [-0.15, -0.1) is 0 Å². The first-order valence-corrected chi connectivity index (χ1v) is 22.4. The van der Waals surface area contributed by atoms with Crippen LogP contribution in [-0.2, 0) is 5.41 Å². The van der Waals surface area contributed by atoms with Gasteiger partial charge in [0, 0.05) is 38.7 Å². The van der Waals surface area contributed by atoms with Gasteiger partial charge >= 0.3 is 0 Å². The highest BCUT2D eigenvalue weighted by Crippen LogP contribution is 2.57. The van der Waals surface area contributed by atoms with Crippen molar-refractivity contribution in [1.82, 2.24) is 0 Å². The number of benzene rings is 11. The molecule has 13 rings (SSSR count). The molecule has 0 saturated heterocycles. The lowest BCUT2D eigenvalue weighted by Gasteiger charge is -2.35. The van der Waals surface area contributed by atoms with Crippen LogP contribution in [0.4, 0.5) is 17.1 Å². The third kappa shape index (κ3) is 5.67. The van der Waals surface area contributed by atoms with Gasteiger partial charge in [0.2, 0.25) is 0 Å². The van der Waals surface area contributed by atoms with E-state index < -0.39 is 5.41 Å². The molecule has 1 aliphatic rings. The van der Waals surface area contributed by atoms with Crippen molar-refractivity contribution in [2.75, 3.05) is 4.90 Å². The molecule has 1 aliphatic carbocycles. The van der Waals surface area contributed by atoms with Gasteiger partial charge in [0.05, 0.1) is 11.1 Å². The molecule has 12 aromatic rings. The topological polar surface area (TPSA) is 16.4 Å². The third-order valence-corrected chi connectivity index (χ3v) is 13.7. The average molecular weight is 828 g/mol. The van der Waals surface area contributed by atoms with Crippen LogP contribution in [0, 0.1) is 0 Å². The standard InChI is InChI=1S/C63H41NO/c1-3-22-45(23-4-1)63(46-24-5-2-6-25-46)58-34-13-11-29-52(58)53-39-37-48(41-59(53)63)64(47-26-15-21-44(40-47)50-31-16-20-42-18-7-9-27-49(42)50)60-35-14-12-30-54(60)55-32-17-33-56-57-38-36-43-19-8-10-28-51(43)61(57)65-62(55)56/h1-41H. The first-order chi connectivity index (χ1) is 32.3. The number of anilines is 3. The Morgan fingerprint density at radius 3 is 1.68 bits per heavy atom. The van der Waals surface area contributed by atoms with Crippen LogP contribution in [0.2, 0.25) is 0 Å². The molecule has 0 N–H and O–H groups in total. The number of nitrogens with zero attached hydrogens (tertiary/aromatic N) is 1. The molecule has 2 nitrogen and oxygen atoms in total.